The van der Waals surface area contributed by atoms with Crippen molar-refractivity contribution in [3.8, 4) is 0 Å². The molecule has 0 aromatic rings. The number of allylic oxidation sites excluding steroid dienone is 2. The fourth-order valence-corrected chi connectivity index (χ4v) is 0. The minimum absolute atomic E-state index is 0. The van der Waals surface area contributed by atoms with Gasteiger partial charge >= 0.3 is 19.5 Å². The van der Waals surface area contributed by atoms with E-state index in [1.54, 1.807) is 0 Å². The zero-order chi connectivity index (χ0) is 7.15. The number of carbonyl (C=O) groups excluding carboxylic acids is 1. The van der Waals surface area contributed by atoms with Gasteiger partial charge in [-0.3, -0.25) is 0 Å². The smallest absolute Gasteiger partial charge is 1.00 e. The summed E-state index contributed by atoms with van der Waals surface area (Å²) in [5.41, 5.74) is 2.13. The molecule has 0 radical (unpaired) electrons. The Labute approximate surface area is 72.6 Å². The van der Waals surface area contributed by atoms with Crippen LogP contribution in [0.5, 0.6) is 0 Å². The van der Waals surface area contributed by atoms with Crippen LogP contribution in [0.4, 0.5) is 0 Å². The summed E-state index contributed by atoms with van der Waals surface area (Å²) in [7, 11) is 0. The average molecular weight is 215 g/mol. The van der Waals surface area contributed by atoms with Crippen molar-refractivity contribution in [1.82, 2.24) is 0 Å². The second-order valence-electron chi connectivity index (χ2n) is 1.56. The van der Waals surface area contributed by atoms with Crippen molar-refractivity contribution in [3.05, 3.63) is 24.3 Å². The van der Waals surface area contributed by atoms with Crippen LogP contribution >= 0.6 is 0 Å². The molecule has 0 saturated carbocycles. The Morgan fingerprint density at radius 1 is 1.11 bits per heavy atom. The minimum Gasteiger partial charge on any atom is -1.00 e. The van der Waals surface area contributed by atoms with E-state index in [9.17, 15) is 0 Å². The van der Waals surface area contributed by atoms with Crippen LogP contribution in [-0.2, 0) is 24.3 Å². The summed E-state index contributed by atoms with van der Waals surface area (Å²) in [6.45, 7) is 13.2. The monoisotopic (exact) mass is 216 g/mol. The summed E-state index contributed by atoms with van der Waals surface area (Å²) in [6, 6.07) is 0. The largest absolute Gasteiger partial charge is 2.00 e. The molecule has 9 heavy (non-hydrogen) atoms. The van der Waals surface area contributed by atoms with E-state index in [4.69, 9.17) is 4.79 Å². The molecule has 0 unspecified atom stereocenters. The van der Waals surface area contributed by atoms with Crippen molar-refractivity contribution in [2.45, 2.75) is 13.8 Å². The van der Waals surface area contributed by atoms with E-state index in [1.165, 1.54) is 0 Å². The van der Waals surface area contributed by atoms with Crippen LogP contribution < -0.4 is 0 Å². The maximum Gasteiger partial charge on any atom is 2.00 e. The van der Waals surface area contributed by atoms with Gasteiger partial charge in [-0.1, -0.05) is 24.3 Å². The first-order chi connectivity index (χ1) is 3.64. The molecule has 2 heteroatoms. The molecule has 0 aliphatic heterocycles. The summed E-state index contributed by atoms with van der Waals surface area (Å²) in [6.07, 6.45) is 0. The van der Waals surface area contributed by atoms with Gasteiger partial charge in [-0.15, -0.1) is 0 Å². The van der Waals surface area contributed by atoms with Crippen LogP contribution in [-0.4, -0.2) is 6.79 Å². The molecule has 0 aliphatic carbocycles. The Kier molecular flexibility index (Phi) is 18.9. The standard InChI is InChI=1S/C6H10.CH2O.Ru.2H/c1-5(2)6(3)4;1-2;;;/h1,3H2,2,4H3;1H2;;;/q;;+2;2*-1. The predicted octanol–water partition coefficient (Wildman–Crippen LogP) is 2.18. The molecule has 0 aromatic heterocycles. The van der Waals surface area contributed by atoms with E-state index < -0.39 is 0 Å². The van der Waals surface area contributed by atoms with E-state index >= 15 is 0 Å². The molecule has 0 saturated heterocycles. The SMILES string of the molecule is C=C(C)C(=C)C.C=O.[H-].[H-].[Ru+2]. The summed E-state index contributed by atoms with van der Waals surface area (Å²) in [5, 5.41) is 0. The van der Waals surface area contributed by atoms with Crippen LogP contribution in [0, 0.1) is 0 Å². The van der Waals surface area contributed by atoms with Gasteiger partial charge in [0, 0.05) is 0 Å². The quantitative estimate of drug-likeness (QED) is 0.484. The fraction of sp³-hybridized carbons (Fsp3) is 0.286. The number of hydrogen-bond acceptors (Lipinski definition) is 1. The summed E-state index contributed by atoms with van der Waals surface area (Å²) in [4.78, 5) is 8.00. The first-order valence-electron chi connectivity index (χ1n) is 2.25. The zero-order valence-corrected chi connectivity index (χ0v) is 7.62. The Balaban J connectivity index is -0.0000000222. The van der Waals surface area contributed by atoms with E-state index in [2.05, 4.69) is 13.2 Å². The predicted molar refractivity (Wildman–Crippen MR) is 39.0 cm³/mol. The summed E-state index contributed by atoms with van der Waals surface area (Å²) < 4.78 is 0. The van der Waals surface area contributed by atoms with Crippen molar-refractivity contribution >= 4 is 6.79 Å². The van der Waals surface area contributed by atoms with Gasteiger partial charge < -0.3 is 7.65 Å². The molecule has 0 atom stereocenters. The second kappa shape index (κ2) is 10.7. The van der Waals surface area contributed by atoms with Gasteiger partial charge in [0.1, 0.15) is 6.79 Å². The Bertz CT molecular complexity index is 92.6. The first-order valence-corrected chi connectivity index (χ1v) is 2.25. The molecule has 0 aliphatic rings. The maximum absolute atomic E-state index is 8.00. The van der Waals surface area contributed by atoms with Crippen molar-refractivity contribution in [1.29, 1.82) is 0 Å². The second-order valence-corrected chi connectivity index (χ2v) is 1.56. The summed E-state index contributed by atoms with van der Waals surface area (Å²) in [5.74, 6) is 0. The molecule has 0 fully saturated rings. The van der Waals surface area contributed by atoms with E-state index in [-0.39, 0.29) is 22.3 Å². The molecular formula is C7H14ORu. The van der Waals surface area contributed by atoms with E-state index in [0.29, 0.717) is 0 Å². The van der Waals surface area contributed by atoms with Gasteiger partial charge in [-0.2, -0.15) is 0 Å². The third-order valence-corrected chi connectivity index (χ3v) is 0.729. The molecule has 0 aromatic carbocycles. The first kappa shape index (κ1) is 15.9. The van der Waals surface area contributed by atoms with Crippen molar-refractivity contribution in [2.75, 3.05) is 0 Å². The number of hydrogen-bond donors (Lipinski definition) is 0. The van der Waals surface area contributed by atoms with E-state index in [0.717, 1.165) is 11.1 Å². The Morgan fingerprint density at radius 3 is 1.22 bits per heavy atom. The topological polar surface area (TPSA) is 17.1 Å². The molecule has 0 amide bonds. The fourth-order valence-electron chi connectivity index (χ4n) is 0. The van der Waals surface area contributed by atoms with E-state index in [1.807, 2.05) is 20.6 Å². The van der Waals surface area contributed by atoms with Crippen molar-refractivity contribution in [2.24, 2.45) is 0 Å². The van der Waals surface area contributed by atoms with Gasteiger partial charge in [0.25, 0.3) is 0 Å². The van der Waals surface area contributed by atoms with Crippen molar-refractivity contribution < 1.29 is 27.1 Å². The van der Waals surface area contributed by atoms with Crippen LogP contribution in [0.2, 0.25) is 0 Å². The third kappa shape index (κ3) is 18.2. The normalized spacial score (nSPS) is 5.56. The number of rotatable bonds is 1. The average Bonchev–Trinajstić information content (AvgIpc) is 1.72. The Hall–Kier alpha value is -0.227. The van der Waals surface area contributed by atoms with Crippen LogP contribution in [0.25, 0.3) is 0 Å². The van der Waals surface area contributed by atoms with Gasteiger partial charge in [-0.25, -0.2) is 0 Å². The molecule has 0 heterocycles. The summed E-state index contributed by atoms with van der Waals surface area (Å²) >= 11 is 0. The van der Waals surface area contributed by atoms with Crippen LogP contribution in [0.1, 0.15) is 16.7 Å². The zero-order valence-electron chi connectivity index (χ0n) is 7.88. The van der Waals surface area contributed by atoms with Gasteiger partial charge in [0.15, 0.2) is 0 Å². The molecule has 0 rings (SSSR count). The maximum atomic E-state index is 8.00. The van der Waals surface area contributed by atoms with Crippen molar-refractivity contribution in [3.63, 3.8) is 0 Å². The van der Waals surface area contributed by atoms with Crippen LogP contribution in [0.15, 0.2) is 24.3 Å². The molecule has 1 nitrogen and oxygen atoms in total. The Morgan fingerprint density at radius 2 is 1.22 bits per heavy atom. The molecule has 0 spiro atoms. The van der Waals surface area contributed by atoms with Gasteiger partial charge in [-0.05, 0) is 13.8 Å². The molecule has 0 bridgehead atoms. The van der Waals surface area contributed by atoms with Gasteiger partial charge in [0.2, 0.25) is 0 Å². The minimum atomic E-state index is 0. The van der Waals surface area contributed by atoms with Gasteiger partial charge in [0.05, 0.1) is 0 Å². The number of carbonyl (C=O) groups is 1. The van der Waals surface area contributed by atoms with Crippen LogP contribution in [0.3, 0.4) is 0 Å². The molecule has 0 N–H and O–H groups in total. The molecule has 56 valence electrons. The molecular weight excluding hydrogens is 201 g/mol. The third-order valence-electron chi connectivity index (χ3n) is 0.729.